The highest BCUT2D eigenvalue weighted by molar-refractivity contribution is 5.82. The molecule has 0 aliphatic carbocycles. The van der Waals surface area contributed by atoms with Gasteiger partial charge in [0, 0.05) is 11.5 Å². The van der Waals surface area contributed by atoms with Crippen LogP contribution in [0.2, 0.25) is 0 Å². The quantitative estimate of drug-likeness (QED) is 0.263. The molecule has 0 saturated heterocycles. The van der Waals surface area contributed by atoms with E-state index in [2.05, 4.69) is 6.58 Å². The summed E-state index contributed by atoms with van der Waals surface area (Å²) in [7, 11) is 0. The van der Waals surface area contributed by atoms with Crippen molar-refractivity contribution in [3.63, 3.8) is 0 Å². The first-order valence-electron chi connectivity index (χ1n) is 7.77. The van der Waals surface area contributed by atoms with Crippen LogP contribution in [0.5, 0.6) is 0 Å². The molecule has 0 atom stereocenters. The van der Waals surface area contributed by atoms with Gasteiger partial charge in [0.2, 0.25) is 0 Å². The van der Waals surface area contributed by atoms with E-state index in [0.717, 1.165) is 0 Å². The van der Waals surface area contributed by atoms with Crippen LogP contribution in [-0.2, 0) is 28.6 Å². The van der Waals surface area contributed by atoms with E-state index in [1.54, 1.807) is 26.8 Å². The van der Waals surface area contributed by atoms with E-state index in [1.165, 1.54) is 12.2 Å². The van der Waals surface area contributed by atoms with Crippen molar-refractivity contribution in [1.29, 1.82) is 0 Å². The zero-order valence-electron chi connectivity index (χ0n) is 15.2. The third-order valence-electron chi connectivity index (χ3n) is 2.96. The maximum Gasteiger partial charge on any atom is 0.330 e. The van der Waals surface area contributed by atoms with Gasteiger partial charge in [-0.25, -0.2) is 4.79 Å². The maximum absolute atomic E-state index is 12.2. The molecule has 0 aromatic rings. The van der Waals surface area contributed by atoms with Crippen LogP contribution in [-0.4, -0.2) is 37.7 Å². The Hall–Kier alpha value is -2.11. The van der Waals surface area contributed by atoms with E-state index in [-0.39, 0.29) is 32.2 Å². The molecule has 0 aliphatic rings. The normalized spacial score (nSPS) is 11.9. The molecule has 0 heterocycles. The summed E-state index contributed by atoms with van der Waals surface area (Å²) in [5.41, 5.74) is -1.49. The van der Waals surface area contributed by atoms with Crippen LogP contribution in [0.25, 0.3) is 0 Å². The van der Waals surface area contributed by atoms with Crippen molar-refractivity contribution in [2.24, 2.45) is 10.8 Å². The molecule has 136 valence electrons. The van der Waals surface area contributed by atoms with Crippen molar-refractivity contribution in [3.8, 4) is 0 Å². The summed E-state index contributed by atoms with van der Waals surface area (Å²) in [4.78, 5) is 34.8. The van der Waals surface area contributed by atoms with Crippen LogP contribution in [0.4, 0.5) is 0 Å². The van der Waals surface area contributed by atoms with Crippen molar-refractivity contribution in [3.05, 3.63) is 24.8 Å². The van der Waals surface area contributed by atoms with Gasteiger partial charge in [-0.3, -0.25) is 9.59 Å². The number of carbonyl (C=O) groups excluding carboxylic acids is 3. The SMILES string of the molecule is C=CCC(=O)OCC(C)(C)COC(=O)C(C)(C)COC(=O)/C=C/C. The molecule has 0 bridgehead atoms. The monoisotopic (exact) mass is 340 g/mol. The summed E-state index contributed by atoms with van der Waals surface area (Å²) in [6.45, 7) is 12.2. The van der Waals surface area contributed by atoms with Crippen LogP contribution in [0, 0.1) is 10.8 Å². The number of ether oxygens (including phenoxy) is 3. The Morgan fingerprint density at radius 3 is 2.08 bits per heavy atom. The van der Waals surface area contributed by atoms with Gasteiger partial charge in [0.1, 0.15) is 6.61 Å². The second-order valence-corrected chi connectivity index (χ2v) is 6.89. The number of esters is 3. The molecular weight excluding hydrogens is 312 g/mol. The van der Waals surface area contributed by atoms with E-state index in [9.17, 15) is 14.4 Å². The van der Waals surface area contributed by atoms with Crippen LogP contribution in [0.15, 0.2) is 24.8 Å². The molecule has 0 aliphatic heterocycles. The summed E-state index contributed by atoms with van der Waals surface area (Å²) < 4.78 is 15.4. The molecule has 0 radical (unpaired) electrons. The van der Waals surface area contributed by atoms with Gasteiger partial charge in [0.05, 0.1) is 25.0 Å². The fourth-order valence-corrected chi connectivity index (χ4v) is 1.45. The fraction of sp³-hybridized carbons (Fsp3) is 0.611. The number of hydrogen-bond acceptors (Lipinski definition) is 6. The van der Waals surface area contributed by atoms with E-state index >= 15 is 0 Å². The first-order chi connectivity index (χ1) is 11.0. The minimum Gasteiger partial charge on any atom is -0.465 e. The lowest BCUT2D eigenvalue weighted by molar-refractivity contribution is -0.164. The zero-order valence-corrected chi connectivity index (χ0v) is 15.2. The molecule has 0 rings (SSSR count). The molecule has 0 unspecified atom stereocenters. The van der Waals surface area contributed by atoms with E-state index in [1.807, 2.05) is 13.8 Å². The zero-order chi connectivity index (χ0) is 18.8. The lowest BCUT2D eigenvalue weighted by Crippen LogP contribution is -2.36. The molecule has 0 amide bonds. The smallest absolute Gasteiger partial charge is 0.330 e. The average molecular weight is 340 g/mol. The molecule has 0 fully saturated rings. The topological polar surface area (TPSA) is 78.9 Å². The van der Waals surface area contributed by atoms with Gasteiger partial charge in [-0.2, -0.15) is 0 Å². The molecule has 0 spiro atoms. The standard InChI is InChI=1S/C18H28O6/c1-7-9-14(19)22-11-17(3,4)12-24-16(21)18(5,6)13-23-15(20)10-8-2/h7-8,10H,1,9,11-13H2,2-6H3/b10-8+. The second-order valence-electron chi connectivity index (χ2n) is 6.89. The molecule has 6 nitrogen and oxygen atoms in total. The Morgan fingerprint density at radius 2 is 1.54 bits per heavy atom. The summed E-state index contributed by atoms with van der Waals surface area (Å²) in [5, 5.41) is 0. The Labute approximate surface area is 143 Å². The molecule has 0 aromatic heterocycles. The predicted molar refractivity (Wildman–Crippen MR) is 90.1 cm³/mol. The third kappa shape index (κ3) is 9.12. The highest BCUT2D eigenvalue weighted by Gasteiger charge is 2.33. The van der Waals surface area contributed by atoms with Crippen molar-refractivity contribution >= 4 is 17.9 Å². The number of carbonyl (C=O) groups is 3. The van der Waals surface area contributed by atoms with Gasteiger partial charge < -0.3 is 14.2 Å². The maximum atomic E-state index is 12.2. The van der Waals surface area contributed by atoms with Crippen LogP contribution in [0.1, 0.15) is 41.0 Å². The molecule has 0 saturated carbocycles. The number of allylic oxidation sites excluding steroid dienone is 1. The Kier molecular flexibility index (Phi) is 9.03. The van der Waals surface area contributed by atoms with Crippen molar-refractivity contribution < 1.29 is 28.6 Å². The van der Waals surface area contributed by atoms with Gasteiger partial charge in [0.15, 0.2) is 0 Å². The Morgan fingerprint density at radius 1 is 0.958 bits per heavy atom. The van der Waals surface area contributed by atoms with Crippen LogP contribution in [0.3, 0.4) is 0 Å². The minimum absolute atomic E-state index is 0.0796. The van der Waals surface area contributed by atoms with Gasteiger partial charge >= 0.3 is 17.9 Å². The predicted octanol–water partition coefficient (Wildman–Crippen LogP) is 2.82. The first kappa shape index (κ1) is 21.9. The van der Waals surface area contributed by atoms with Gasteiger partial charge in [-0.1, -0.05) is 26.0 Å². The first-order valence-corrected chi connectivity index (χ1v) is 7.77. The third-order valence-corrected chi connectivity index (χ3v) is 2.96. The Balaban J connectivity index is 4.39. The molecule has 0 N–H and O–H groups in total. The largest absolute Gasteiger partial charge is 0.465 e. The van der Waals surface area contributed by atoms with Gasteiger partial charge in [-0.15, -0.1) is 6.58 Å². The van der Waals surface area contributed by atoms with E-state index < -0.39 is 22.8 Å². The average Bonchev–Trinajstić information content (AvgIpc) is 2.49. The van der Waals surface area contributed by atoms with Gasteiger partial charge in [0.25, 0.3) is 0 Å². The van der Waals surface area contributed by atoms with Crippen LogP contribution < -0.4 is 0 Å². The number of rotatable bonds is 10. The summed E-state index contributed by atoms with van der Waals surface area (Å²) in [6, 6.07) is 0. The number of hydrogen-bond donors (Lipinski definition) is 0. The Bertz CT molecular complexity index is 488. The lowest BCUT2D eigenvalue weighted by Gasteiger charge is -2.27. The van der Waals surface area contributed by atoms with Crippen molar-refractivity contribution in [1.82, 2.24) is 0 Å². The van der Waals surface area contributed by atoms with E-state index in [0.29, 0.717) is 0 Å². The molecule has 24 heavy (non-hydrogen) atoms. The summed E-state index contributed by atoms with van der Waals surface area (Å²) >= 11 is 0. The molecule has 6 heteroatoms. The fourth-order valence-electron chi connectivity index (χ4n) is 1.45. The minimum atomic E-state index is -0.965. The molecular formula is C18H28O6. The highest BCUT2D eigenvalue weighted by Crippen LogP contribution is 2.22. The van der Waals surface area contributed by atoms with Crippen molar-refractivity contribution in [2.45, 2.75) is 41.0 Å². The van der Waals surface area contributed by atoms with Crippen molar-refractivity contribution in [2.75, 3.05) is 19.8 Å². The van der Waals surface area contributed by atoms with E-state index in [4.69, 9.17) is 14.2 Å². The molecule has 0 aromatic carbocycles. The van der Waals surface area contributed by atoms with Gasteiger partial charge in [-0.05, 0) is 20.8 Å². The van der Waals surface area contributed by atoms with Crippen LogP contribution >= 0.6 is 0 Å². The summed E-state index contributed by atoms with van der Waals surface area (Å²) in [5.74, 6) is -1.37. The second kappa shape index (κ2) is 9.90. The lowest BCUT2D eigenvalue weighted by atomic mass is 9.93. The highest BCUT2D eigenvalue weighted by atomic mass is 16.6. The summed E-state index contributed by atoms with van der Waals surface area (Å²) in [6.07, 6.45) is 4.44.